The number of benzene rings is 1. The number of hydrogen-bond donors (Lipinski definition) is 2. The third-order valence-electron chi connectivity index (χ3n) is 2.44. The molecule has 0 saturated carbocycles. The minimum absolute atomic E-state index is 0.394. The van der Waals surface area contributed by atoms with Crippen LogP contribution in [0, 0.1) is 6.92 Å². The summed E-state index contributed by atoms with van der Waals surface area (Å²) in [5.41, 5.74) is 2.05. The van der Waals surface area contributed by atoms with Gasteiger partial charge in [0.2, 0.25) is 0 Å². The summed E-state index contributed by atoms with van der Waals surface area (Å²) in [4.78, 5) is 8.42. The summed E-state index contributed by atoms with van der Waals surface area (Å²) in [6.07, 6.45) is 1.14. The molecule has 1 aromatic heterocycles. The number of anilines is 1. The van der Waals surface area contributed by atoms with Gasteiger partial charge in [0.05, 0.1) is 11.6 Å². The van der Waals surface area contributed by atoms with E-state index in [-0.39, 0.29) is 0 Å². The van der Waals surface area contributed by atoms with E-state index in [0.29, 0.717) is 6.54 Å². The fraction of sp³-hybridized carbons (Fsp3) is 0.333. The lowest BCUT2D eigenvalue weighted by Gasteiger charge is -2.11. The average molecular weight is 217 g/mol. The predicted octanol–water partition coefficient (Wildman–Crippen LogP) is 1.73. The third kappa shape index (κ3) is 2.12. The maximum atomic E-state index is 9.25. The highest BCUT2D eigenvalue weighted by molar-refractivity contribution is 5.91. The van der Waals surface area contributed by atoms with E-state index in [1.807, 2.05) is 25.1 Å². The number of aromatic nitrogens is 2. The normalized spacial score (nSPS) is 12.7. The standard InChI is InChI=1S/C12H15N3O/c1-8-4-3-5-10-11(8)12(15-7-14-10)13-6-9(2)16/h3-5,7,9,16H,6H2,1-2H3,(H,13,14,15). The molecule has 2 aromatic rings. The Bertz CT molecular complexity index is 491. The van der Waals surface area contributed by atoms with Gasteiger partial charge in [0.25, 0.3) is 0 Å². The van der Waals surface area contributed by atoms with Gasteiger partial charge in [-0.2, -0.15) is 0 Å². The van der Waals surface area contributed by atoms with Crippen molar-refractivity contribution in [3.05, 3.63) is 30.1 Å². The third-order valence-corrected chi connectivity index (χ3v) is 2.44. The Balaban J connectivity index is 2.44. The van der Waals surface area contributed by atoms with Gasteiger partial charge >= 0.3 is 0 Å². The molecule has 0 amide bonds. The molecule has 0 spiro atoms. The zero-order chi connectivity index (χ0) is 11.5. The number of nitrogens with zero attached hydrogens (tertiary/aromatic N) is 2. The Hall–Kier alpha value is -1.68. The summed E-state index contributed by atoms with van der Waals surface area (Å²) in [5.74, 6) is 0.781. The zero-order valence-corrected chi connectivity index (χ0v) is 9.44. The van der Waals surface area contributed by atoms with Crippen LogP contribution in [0.2, 0.25) is 0 Å². The highest BCUT2D eigenvalue weighted by atomic mass is 16.3. The van der Waals surface area contributed by atoms with Gasteiger partial charge in [-0.1, -0.05) is 12.1 Å². The maximum Gasteiger partial charge on any atom is 0.137 e. The van der Waals surface area contributed by atoms with Gasteiger partial charge in [0.15, 0.2) is 0 Å². The van der Waals surface area contributed by atoms with Crippen molar-refractivity contribution in [1.29, 1.82) is 0 Å². The first kappa shape index (κ1) is 10.8. The van der Waals surface area contributed by atoms with Crippen LogP contribution in [0.25, 0.3) is 10.9 Å². The van der Waals surface area contributed by atoms with E-state index in [2.05, 4.69) is 15.3 Å². The molecule has 0 aliphatic rings. The molecule has 4 heteroatoms. The number of rotatable bonds is 3. The first-order valence-electron chi connectivity index (χ1n) is 5.30. The van der Waals surface area contributed by atoms with Crippen LogP contribution in [-0.4, -0.2) is 27.7 Å². The second-order valence-corrected chi connectivity index (χ2v) is 3.92. The smallest absolute Gasteiger partial charge is 0.137 e. The number of aliphatic hydroxyl groups excluding tert-OH is 1. The lowest BCUT2D eigenvalue weighted by atomic mass is 10.1. The monoisotopic (exact) mass is 217 g/mol. The Kier molecular flexibility index (Phi) is 3.01. The van der Waals surface area contributed by atoms with Crippen LogP contribution >= 0.6 is 0 Å². The van der Waals surface area contributed by atoms with Crippen LogP contribution in [-0.2, 0) is 0 Å². The summed E-state index contributed by atoms with van der Waals surface area (Å²) >= 11 is 0. The fourth-order valence-corrected chi connectivity index (χ4v) is 1.66. The van der Waals surface area contributed by atoms with Crippen molar-refractivity contribution in [2.45, 2.75) is 20.0 Å². The zero-order valence-electron chi connectivity index (χ0n) is 9.44. The minimum Gasteiger partial charge on any atom is -0.392 e. The largest absolute Gasteiger partial charge is 0.392 e. The summed E-state index contributed by atoms with van der Waals surface area (Å²) < 4.78 is 0. The Morgan fingerprint density at radius 2 is 2.19 bits per heavy atom. The van der Waals surface area contributed by atoms with Gasteiger partial charge in [0, 0.05) is 11.9 Å². The van der Waals surface area contributed by atoms with Gasteiger partial charge in [0.1, 0.15) is 12.1 Å². The van der Waals surface area contributed by atoms with Crippen molar-refractivity contribution >= 4 is 16.7 Å². The topological polar surface area (TPSA) is 58.0 Å². The highest BCUT2D eigenvalue weighted by Gasteiger charge is 2.06. The van der Waals surface area contributed by atoms with Crippen molar-refractivity contribution in [3.8, 4) is 0 Å². The second-order valence-electron chi connectivity index (χ2n) is 3.92. The Labute approximate surface area is 94.4 Å². The number of hydrogen-bond acceptors (Lipinski definition) is 4. The number of fused-ring (bicyclic) bond motifs is 1. The Morgan fingerprint density at radius 1 is 1.38 bits per heavy atom. The number of aliphatic hydroxyl groups is 1. The van der Waals surface area contributed by atoms with Crippen molar-refractivity contribution in [1.82, 2.24) is 9.97 Å². The molecule has 1 unspecified atom stereocenters. The van der Waals surface area contributed by atoms with Gasteiger partial charge < -0.3 is 10.4 Å². The average Bonchev–Trinajstić information content (AvgIpc) is 2.26. The first-order valence-corrected chi connectivity index (χ1v) is 5.30. The lowest BCUT2D eigenvalue weighted by Crippen LogP contribution is -2.16. The van der Waals surface area contributed by atoms with Crippen molar-refractivity contribution in [3.63, 3.8) is 0 Å². The molecular formula is C12H15N3O. The molecule has 84 valence electrons. The van der Waals surface area contributed by atoms with Crippen LogP contribution < -0.4 is 5.32 Å². The molecular weight excluding hydrogens is 202 g/mol. The number of aryl methyl sites for hydroxylation is 1. The molecule has 2 N–H and O–H groups in total. The van der Waals surface area contributed by atoms with Gasteiger partial charge in [-0.15, -0.1) is 0 Å². The van der Waals surface area contributed by atoms with Crippen molar-refractivity contribution < 1.29 is 5.11 Å². The van der Waals surface area contributed by atoms with E-state index in [1.165, 1.54) is 6.33 Å². The van der Waals surface area contributed by atoms with Crippen LogP contribution in [0.15, 0.2) is 24.5 Å². The summed E-state index contributed by atoms with van der Waals surface area (Å²) in [7, 11) is 0. The van der Waals surface area contributed by atoms with Crippen molar-refractivity contribution in [2.24, 2.45) is 0 Å². The molecule has 2 rings (SSSR count). The molecule has 0 bridgehead atoms. The van der Waals surface area contributed by atoms with Crippen LogP contribution in [0.3, 0.4) is 0 Å². The van der Waals surface area contributed by atoms with E-state index < -0.39 is 6.10 Å². The predicted molar refractivity (Wildman–Crippen MR) is 64.4 cm³/mol. The van der Waals surface area contributed by atoms with Crippen LogP contribution in [0.5, 0.6) is 0 Å². The van der Waals surface area contributed by atoms with E-state index >= 15 is 0 Å². The van der Waals surface area contributed by atoms with E-state index in [0.717, 1.165) is 22.3 Å². The molecule has 1 aromatic carbocycles. The van der Waals surface area contributed by atoms with E-state index in [9.17, 15) is 5.11 Å². The van der Waals surface area contributed by atoms with Gasteiger partial charge in [-0.25, -0.2) is 9.97 Å². The molecule has 0 aliphatic heterocycles. The maximum absolute atomic E-state index is 9.25. The molecule has 0 aliphatic carbocycles. The quantitative estimate of drug-likeness (QED) is 0.822. The van der Waals surface area contributed by atoms with E-state index in [1.54, 1.807) is 6.92 Å². The molecule has 1 heterocycles. The summed E-state index contributed by atoms with van der Waals surface area (Å²) in [6.45, 7) is 4.25. The Morgan fingerprint density at radius 3 is 2.94 bits per heavy atom. The van der Waals surface area contributed by atoms with Crippen LogP contribution in [0.4, 0.5) is 5.82 Å². The van der Waals surface area contributed by atoms with Crippen molar-refractivity contribution in [2.75, 3.05) is 11.9 Å². The second kappa shape index (κ2) is 4.45. The number of nitrogens with one attached hydrogen (secondary N) is 1. The highest BCUT2D eigenvalue weighted by Crippen LogP contribution is 2.22. The lowest BCUT2D eigenvalue weighted by molar-refractivity contribution is 0.208. The molecule has 4 nitrogen and oxygen atoms in total. The van der Waals surface area contributed by atoms with E-state index in [4.69, 9.17) is 0 Å². The summed E-state index contributed by atoms with van der Waals surface area (Å²) in [5, 5.41) is 13.4. The molecule has 16 heavy (non-hydrogen) atoms. The summed E-state index contributed by atoms with van der Waals surface area (Å²) in [6, 6.07) is 5.96. The SMILES string of the molecule is Cc1cccc2ncnc(NCC(C)O)c12. The fourth-order valence-electron chi connectivity index (χ4n) is 1.66. The molecule has 0 radical (unpaired) electrons. The van der Waals surface area contributed by atoms with Gasteiger partial charge in [-0.3, -0.25) is 0 Å². The first-order chi connectivity index (χ1) is 7.68. The van der Waals surface area contributed by atoms with Crippen LogP contribution in [0.1, 0.15) is 12.5 Å². The molecule has 1 atom stereocenters. The van der Waals surface area contributed by atoms with Gasteiger partial charge in [-0.05, 0) is 25.5 Å². The molecule has 0 fully saturated rings. The minimum atomic E-state index is -0.394. The molecule has 0 saturated heterocycles.